The van der Waals surface area contributed by atoms with Crippen molar-refractivity contribution in [2.45, 2.75) is 12.5 Å². The Labute approximate surface area is 165 Å². The molecule has 2 aliphatic heterocycles. The lowest BCUT2D eigenvalue weighted by molar-refractivity contribution is -0.125. The molecule has 2 atom stereocenters. The van der Waals surface area contributed by atoms with E-state index in [1.54, 1.807) is 31.8 Å². The molecule has 1 fully saturated rings. The average molecular weight is 379 g/mol. The number of anilines is 2. The molecule has 2 aromatic rings. The number of aromatic nitrogens is 2. The second kappa shape index (κ2) is 7.88. The summed E-state index contributed by atoms with van der Waals surface area (Å²) in [5.74, 6) is 1.62. The summed E-state index contributed by atoms with van der Waals surface area (Å²) < 4.78 is 5.43. The second-order valence-electron chi connectivity index (χ2n) is 7.11. The lowest BCUT2D eigenvalue weighted by Gasteiger charge is -2.49. The van der Waals surface area contributed by atoms with Crippen molar-refractivity contribution in [3.8, 4) is 5.75 Å². The number of piperazine rings is 1. The standard InChI is InChI=1S/C21H25N5O2/c1-3-6-24-21(27)17-11-15-4-5-16(28-2)12-18(15)26-10-9-25(14-19(17)26)20-13-22-7-8-23-20/h3-5,7-8,12-13,17,19H,1,6,9-11,14H2,2H3,(H,24,27)/t17-,19-/m1/s1. The lowest BCUT2D eigenvalue weighted by atomic mass is 9.83. The summed E-state index contributed by atoms with van der Waals surface area (Å²) in [5, 5.41) is 2.99. The maximum atomic E-state index is 12.9. The number of hydrogen-bond acceptors (Lipinski definition) is 6. The maximum Gasteiger partial charge on any atom is 0.225 e. The second-order valence-corrected chi connectivity index (χ2v) is 7.11. The Morgan fingerprint density at radius 2 is 2.29 bits per heavy atom. The van der Waals surface area contributed by atoms with E-state index in [9.17, 15) is 4.79 Å². The highest BCUT2D eigenvalue weighted by Crippen LogP contribution is 2.38. The van der Waals surface area contributed by atoms with Crippen LogP contribution in [0.15, 0.2) is 49.4 Å². The maximum absolute atomic E-state index is 12.9. The quantitative estimate of drug-likeness (QED) is 0.797. The Kier molecular flexibility index (Phi) is 5.14. The molecule has 1 aromatic carbocycles. The summed E-state index contributed by atoms with van der Waals surface area (Å²) in [5.41, 5.74) is 2.35. The fourth-order valence-electron chi connectivity index (χ4n) is 4.17. The molecular weight excluding hydrogens is 354 g/mol. The van der Waals surface area contributed by atoms with Crippen molar-refractivity contribution in [3.63, 3.8) is 0 Å². The highest BCUT2D eigenvalue weighted by molar-refractivity contribution is 5.82. The van der Waals surface area contributed by atoms with Crippen molar-refractivity contribution < 1.29 is 9.53 Å². The molecule has 2 aliphatic rings. The van der Waals surface area contributed by atoms with Gasteiger partial charge in [-0.1, -0.05) is 12.1 Å². The zero-order valence-electron chi connectivity index (χ0n) is 16.0. The van der Waals surface area contributed by atoms with Crippen molar-refractivity contribution >= 4 is 17.4 Å². The first-order valence-corrected chi connectivity index (χ1v) is 9.54. The van der Waals surface area contributed by atoms with E-state index >= 15 is 0 Å². The van der Waals surface area contributed by atoms with E-state index in [1.807, 2.05) is 6.07 Å². The molecule has 1 aromatic heterocycles. The summed E-state index contributed by atoms with van der Waals surface area (Å²) in [4.78, 5) is 26.1. The van der Waals surface area contributed by atoms with Gasteiger partial charge in [0.15, 0.2) is 0 Å². The van der Waals surface area contributed by atoms with Gasteiger partial charge in [0, 0.05) is 50.3 Å². The number of hydrogen-bond donors (Lipinski definition) is 1. The zero-order valence-corrected chi connectivity index (χ0v) is 16.0. The fraction of sp³-hybridized carbons (Fsp3) is 0.381. The summed E-state index contributed by atoms with van der Waals surface area (Å²) in [6, 6.07) is 6.18. The van der Waals surface area contributed by atoms with E-state index in [4.69, 9.17) is 4.74 Å². The molecule has 3 heterocycles. The molecule has 7 nitrogen and oxygen atoms in total. The third-order valence-corrected chi connectivity index (χ3v) is 5.56. The van der Waals surface area contributed by atoms with Crippen LogP contribution in [0.5, 0.6) is 5.75 Å². The number of rotatable bonds is 5. The average Bonchev–Trinajstić information content (AvgIpc) is 2.76. The monoisotopic (exact) mass is 379 g/mol. The van der Waals surface area contributed by atoms with Gasteiger partial charge in [0.25, 0.3) is 0 Å². The number of carbonyl (C=O) groups excluding carboxylic acids is 1. The van der Waals surface area contributed by atoms with E-state index < -0.39 is 0 Å². The summed E-state index contributed by atoms with van der Waals surface area (Å²) in [6.07, 6.45) is 7.58. The molecule has 1 N–H and O–H groups in total. The van der Waals surface area contributed by atoms with Gasteiger partial charge in [-0.05, 0) is 18.1 Å². The minimum atomic E-state index is -0.139. The van der Waals surface area contributed by atoms with Crippen molar-refractivity contribution in [3.05, 3.63) is 55.0 Å². The Morgan fingerprint density at radius 3 is 3.04 bits per heavy atom. The molecule has 4 rings (SSSR count). The van der Waals surface area contributed by atoms with E-state index in [1.165, 1.54) is 5.56 Å². The van der Waals surface area contributed by atoms with Crippen LogP contribution in [-0.2, 0) is 11.2 Å². The highest BCUT2D eigenvalue weighted by atomic mass is 16.5. The number of nitrogens with one attached hydrogen (secondary N) is 1. The first-order valence-electron chi connectivity index (χ1n) is 9.54. The molecule has 7 heteroatoms. The van der Waals surface area contributed by atoms with Gasteiger partial charge < -0.3 is 19.9 Å². The first-order chi connectivity index (χ1) is 13.7. The molecule has 0 aliphatic carbocycles. The predicted octanol–water partition coefficient (Wildman–Crippen LogP) is 1.65. The van der Waals surface area contributed by atoms with Crippen molar-refractivity contribution in [2.75, 3.05) is 43.1 Å². The Hall–Kier alpha value is -3.09. The molecular formula is C21H25N5O2. The molecule has 0 radical (unpaired) electrons. The normalized spacial score (nSPS) is 20.8. The van der Waals surface area contributed by atoms with Crippen LogP contribution in [0.25, 0.3) is 0 Å². The molecule has 0 bridgehead atoms. The van der Waals surface area contributed by atoms with Crippen LogP contribution in [0.2, 0.25) is 0 Å². The Balaban J connectivity index is 1.66. The molecule has 1 amide bonds. The van der Waals surface area contributed by atoms with Crippen LogP contribution >= 0.6 is 0 Å². The van der Waals surface area contributed by atoms with Crippen LogP contribution in [0, 0.1) is 5.92 Å². The van der Waals surface area contributed by atoms with E-state index in [0.29, 0.717) is 13.0 Å². The third kappa shape index (κ3) is 3.40. The van der Waals surface area contributed by atoms with E-state index in [2.05, 4.69) is 43.8 Å². The smallest absolute Gasteiger partial charge is 0.225 e. The van der Waals surface area contributed by atoms with Crippen molar-refractivity contribution in [1.82, 2.24) is 15.3 Å². The molecule has 28 heavy (non-hydrogen) atoms. The zero-order chi connectivity index (χ0) is 19.5. The van der Waals surface area contributed by atoms with Gasteiger partial charge in [-0.25, -0.2) is 4.98 Å². The van der Waals surface area contributed by atoms with Gasteiger partial charge in [0.1, 0.15) is 11.6 Å². The number of ether oxygens (including phenoxy) is 1. The van der Waals surface area contributed by atoms with Crippen LogP contribution in [0.1, 0.15) is 5.56 Å². The topological polar surface area (TPSA) is 70.6 Å². The van der Waals surface area contributed by atoms with E-state index in [0.717, 1.165) is 36.9 Å². The minimum absolute atomic E-state index is 0.0557. The highest BCUT2D eigenvalue weighted by Gasteiger charge is 2.41. The molecule has 0 saturated carbocycles. The van der Waals surface area contributed by atoms with Crippen LogP contribution in [0.4, 0.5) is 11.5 Å². The number of carbonyl (C=O) groups is 1. The summed E-state index contributed by atoms with van der Waals surface area (Å²) in [6.45, 7) is 6.54. The van der Waals surface area contributed by atoms with Crippen molar-refractivity contribution in [1.29, 1.82) is 0 Å². The number of benzene rings is 1. The summed E-state index contributed by atoms with van der Waals surface area (Å²) >= 11 is 0. The molecule has 1 saturated heterocycles. The first kappa shape index (κ1) is 18.3. The van der Waals surface area contributed by atoms with Crippen LogP contribution in [0.3, 0.4) is 0 Å². The van der Waals surface area contributed by atoms with Gasteiger partial charge >= 0.3 is 0 Å². The predicted molar refractivity (Wildman–Crippen MR) is 109 cm³/mol. The molecule has 0 spiro atoms. The number of amides is 1. The van der Waals surface area contributed by atoms with Gasteiger partial charge in [-0.15, -0.1) is 6.58 Å². The largest absolute Gasteiger partial charge is 0.497 e. The lowest BCUT2D eigenvalue weighted by Crippen LogP contribution is -2.61. The third-order valence-electron chi connectivity index (χ3n) is 5.56. The number of methoxy groups -OCH3 is 1. The minimum Gasteiger partial charge on any atom is -0.497 e. The number of nitrogens with zero attached hydrogens (tertiary/aromatic N) is 4. The summed E-state index contributed by atoms with van der Waals surface area (Å²) in [7, 11) is 1.68. The van der Waals surface area contributed by atoms with Gasteiger partial charge in [-0.2, -0.15) is 0 Å². The van der Waals surface area contributed by atoms with Gasteiger partial charge in [-0.3, -0.25) is 9.78 Å². The van der Waals surface area contributed by atoms with E-state index in [-0.39, 0.29) is 17.9 Å². The van der Waals surface area contributed by atoms with Crippen molar-refractivity contribution in [2.24, 2.45) is 5.92 Å². The number of fused-ring (bicyclic) bond motifs is 3. The van der Waals surface area contributed by atoms with Gasteiger partial charge in [0.2, 0.25) is 5.91 Å². The Bertz CT molecular complexity index is 857. The van der Waals surface area contributed by atoms with Gasteiger partial charge in [0.05, 0.1) is 25.3 Å². The fourth-order valence-corrected chi connectivity index (χ4v) is 4.17. The molecule has 0 unspecified atom stereocenters. The Morgan fingerprint density at radius 1 is 1.39 bits per heavy atom. The van der Waals surface area contributed by atoms with Crippen LogP contribution < -0.4 is 19.9 Å². The van der Waals surface area contributed by atoms with Crippen LogP contribution in [-0.4, -0.2) is 55.2 Å². The molecule has 146 valence electrons. The SMILES string of the molecule is C=CCNC(=O)[C@@H]1Cc2ccc(OC)cc2N2CCN(c3cnccn3)C[C@H]12.